The van der Waals surface area contributed by atoms with E-state index in [1.165, 1.54) is 11.3 Å². The van der Waals surface area contributed by atoms with Gasteiger partial charge in [0.15, 0.2) is 5.69 Å². The summed E-state index contributed by atoms with van der Waals surface area (Å²) in [5.74, 6) is -0.0490. The van der Waals surface area contributed by atoms with Gasteiger partial charge in [-0.2, -0.15) is 0 Å². The van der Waals surface area contributed by atoms with Gasteiger partial charge in [-0.3, -0.25) is 4.79 Å². The van der Waals surface area contributed by atoms with E-state index in [9.17, 15) is 4.79 Å². The van der Waals surface area contributed by atoms with Gasteiger partial charge in [-0.25, -0.2) is 9.97 Å². The van der Waals surface area contributed by atoms with Crippen LogP contribution in [-0.4, -0.2) is 44.4 Å². The van der Waals surface area contributed by atoms with Gasteiger partial charge >= 0.3 is 0 Å². The fourth-order valence-corrected chi connectivity index (χ4v) is 3.05. The SMILES string of the molecule is Cc1ccn2cnc(C(=O)N3CC(Oc4nccs4)C3)c2c1. The number of aryl methyl sites for hydroxylation is 1. The Morgan fingerprint density at radius 2 is 2.27 bits per heavy atom. The minimum Gasteiger partial charge on any atom is -0.463 e. The molecule has 112 valence electrons. The summed E-state index contributed by atoms with van der Waals surface area (Å²) in [7, 11) is 0. The number of nitrogens with zero attached hydrogens (tertiary/aromatic N) is 4. The lowest BCUT2D eigenvalue weighted by molar-refractivity contribution is 0.0174. The van der Waals surface area contributed by atoms with Crippen LogP contribution in [0.2, 0.25) is 0 Å². The zero-order valence-electron chi connectivity index (χ0n) is 12.0. The van der Waals surface area contributed by atoms with Gasteiger partial charge in [0.25, 0.3) is 11.1 Å². The monoisotopic (exact) mass is 314 g/mol. The predicted molar refractivity (Wildman–Crippen MR) is 82.4 cm³/mol. The van der Waals surface area contributed by atoms with Crippen LogP contribution in [-0.2, 0) is 0 Å². The van der Waals surface area contributed by atoms with Crippen LogP contribution in [0.15, 0.2) is 36.2 Å². The molecule has 4 heterocycles. The van der Waals surface area contributed by atoms with Gasteiger partial charge in [-0.05, 0) is 24.6 Å². The highest BCUT2D eigenvalue weighted by atomic mass is 32.1. The fourth-order valence-electron chi connectivity index (χ4n) is 2.50. The maximum Gasteiger partial charge on any atom is 0.274 e. The van der Waals surface area contributed by atoms with Gasteiger partial charge < -0.3 is 14.0 Å². The molecule has 7 heteroatoms. The van der Waals surface area contributed by atoms with Crippen molar-refractivity contribution >= 4 is 22.8 Å². The molecular weight excluding hydrogens is 300 g/mol. The number of aromatic nitrogens is 3. The van der Waals surface area contributed by atoms with Gasteiger partial charge in [0.2, 0.25) is 0 Å². The van der Waals surface area contributed by atoms with E-state index < -0.39 is 0 Å². The van der Waals surface area contributed by atoms with Crippen molar-refractivity contribution in [2.75, 3.05) is 13.1 Å². The number of imidazole rings is 1. The van der Waals surface area contributed by atoms with Crippen molar-refractivity contribution in [3.05, 3.63) is 47.5 Å². The number of ether oxygens (including phenoxy) is 1. The first kappa shape index (κ1) is 13.3. The zero-order chi connectivity index (χ0) is 15.1. The maximum atomic E-state index is 12.5. The number of carbonyl (C=O) groups is 1. The van der Waals surface area contributed by atoms with E-state index in [1.54, 1.807) is 17.4 Å². The first-order chi connectivity index (χ1) is 10.7. The fraction of sp³-hybridized carbons (Fsp3) is 0.267. The van der Waals surface area contributed by atoms with E-state index in [2.05, 4.69) is 9.97 Å². The first-order valence-electron chi connectivity index (χ1n) is 6.99. The molecule has 0 spiro atoms. The van der Waals surface area contributed by atoms with Crippen LogP contribution < -0.4 is 4.74 Å². The third-order valence-corrected chi connectivity index (χ3v) is 4.37. The number of thiazole rings is 1. The highest BCUT2D eigenvalue weighted by Crippen LogP contribution is 2.22. The molecule has 0 atom stereocenters. The average molecular weight is 314 g/mol. The van der Waals surface area contributed by atoms with Gasteiger partial charge in [0.1, 0.15) is 12.4 Å². The van der Waals surface area contributed by atoms with E-state index in [0.717, 1.165) is 11.1 Å². The molecule has 1 fully saturated rings. The smallest absolute Gasteiger partial charge is 0.274 e. The second-order valence-electron chi connectivity index (χ2n) is 5.34. The Hall–Kier alpha value is -2.41. The van der Waals surface area contributed by atoms with Gasteiger partial charge in [0.05, 0.1) is 18.6 Å². The van der Waals surface area contributed by atoms with E-state index >= 15 is 0 Å². The predicted octanol–water partition coefficient (Wildman–Crippen LogP) is 2.00. The Morgan fingerprint density at radius 1 is 1.41 bits per heavy atom. The number of hydrogen-bond donors (Lipinski definition) is 0. The normalized spacial score (nSPS) is 15.0. The van der Waals surface area contributed by atoms with Crippen molar-refractivity contribution in [3.63, 3.8) is 0 Å². The third kappa shape index (κ3) is 2.23. The summed E-state index contributed by atoms with van der Waals surface area (Å²) in [5.41, 5.74) is 2.45. The van der Waals surface area contributed by atoms with E-state index in [0.29, 0.717) is 24.0 Å². The molecular formula is C15H14N4O2S. The molecule has 0 N–H and O–H groups in total. The Kier molecular flexibility index (Phi) is 3.07. The van der Waals surface area contributed by atoms with E-state index in [1.807, 2.05) is 35.0 Å². The quantitative estimate of drug-likeness (QED) is 0.742. The lowest BCUT2D eigenvalue weighted by Gasteiger charge is -2.37. The highest BCUT2D eigenvalue weighted by molar-refractivity contribution is 7.11. The van der Waals surface area contributed by atoms with Crippen molar-refractivity contribution in [2.24, 2.45) is 0 Å². The zero-order valence-corrected chi connectivity index (χ0v) is 12.8. The summed E-state index contributed by atoms with van der Waals surface area (Å²) in [6.45, 7) is 3.15. The second-order valence-corrected chi connectivity index (χ2v) is 6.19. The molecule has 0 saturated carbocycles. The topological polar surface area (TPSA) is 59.7 Å². The molecule has 4 rings (SSSR count). The number of pyridine rings is 1. The molecule has 0 bridgehead atoms. The van der Waals surface area contributed by atoms with E-state index in [4.69, 9.17) is 4.74 Å². The number of fused-ring (bicyclic) bond motifs is 1. The molecule has 6 nitrogen and oxygen atoms in total. The van der Waals surface area contributed by atoms with Crippen molar-refractivity contribution in [1.29, 1.82) is 0 Å². The Bertz CT molecular complexity index is 821. The van der Waals surface area contributed by atoms with Crippen LogP contribution in [0.5, 0.6) is 5.19 Å². The molecule has 1 saturated heterocycles. The van der Waals surface area contributed by atoms with Crippen LogP contribution in [0.4, 0.5) is 0 Å². The molecule has 0 aliphatic carbocycles. The van der Waals surface area contributed by atoms with Gasteiger partial charge in [0, 0.05) is 17.8 Å². The van der Waals surface area contributed by atoms with Crippen molar-refractivity contribution in [1.82, 2.24) is 19.3 Å². The molecule has 0 radical (unpaired) electrons. The Labute approximate surface area is 131 Å². The van der Waals surface area contributed by atoms with Crippen LogP contribution >= 0.6 is 11.3 Å². The third-order valence-electron chi connectivity index (χ3n) is 3.71. The summed E-state index contributed by atoms with van der Waals surface area (Å²) in [6.07, 6.45) is 5.32. The average Bonchev–Trinajstić information content (AvgIpc) is 3.10. The van der Waals surface area contributed by atoms with Gasteiger partial charge in [-0.1, -0.05) is 11.3 Å². The summed E-state index contributed by atoms with van der Waals surface area (Å²) >= 11 is 1.46. The summed E-state index contributed by atoms with van der Waals surface area (Å²) < 4.78 is 7.55. The lowest BCUT2D eigenvalue weighted by atomic mass is 10.1. The van der Waals surface area contributed by atoms with E-state index in [-0.39, 0.29) is 12.0 Å². The van der Waals surface area contributed by atoms with Crippen molar-refractivity contribution in [3.8, 4) is 5.19 Å². The molecule has 1 amide bonds. The molecule has 3 aromatic heterocycles. The van der Waals surface area contributed by atoms with Crippen LogP contribution in [0.25, 0.3) is 5.52 Å². The Morgan fingerprint density at radius 3 is 3.05 bits per heavy atom. The number of rotatable bonds is 3. The van der Waals surface area contributed by atoms with Gasteiger partial charge in [-0.15, -0.1) is 0 Å². The van der Waals surface area contributed by atoms with Crippen LogP contribution in [0.3, 0.4) is 0 Å². The van der Waals surface area contributed by atoms with Crippen LogP contribution in [0.1, 0.15) is 16.1 Å². The Balaban J connectivity index is 1.47. The minimum absolute atomic E-state index is 0.0192. The number of amides is 1. The lowest BCUT2D eigenvalue weighted by Crippen LogP contribution is -2.56. The standard InChI is InChI=1S/C15H14N4O2S/c1-10-2-4-18-9-17-13(12(18)6-10)14(20)19-7-11(8-19)21-15-16-3-5-22-15/h2-6,9,11H,7-8H2,1H3. The van der Waals surface area contributed by atoms with Crippen LogP contribution in [0, 0.1) is 6.92 Å². The van der Waals surface area contributed by atoms with Crippen molar-refractivity contribution < 1.29 is 9.53 Å². The number of likely N-dealkylation sites (tertiary alicyclic amines) is 1. The minimum atomic E-state index is -0.0490. The molecule has 1 aliphatic rings. The summed E-state index contributed by atoms with van der Waals surface area (Å²) in [5, 5.41) is 2.52. The number of hydrogen-bond acceptors (Lipinski definition) is 5. The number of carbonyl (C=O) groups excluding carboxylic acids is 1. The molecule has 22 heavy (non-hydrogen) atoms. The first-order valence-corrected chi connectivity index (χ1v) is 7.87. The molecule has 3 aromatic rings. The largest absolute Gasteiger partial charge is 0.463 e. The summed E-state index contributed by atoms with van der Waals surface area (Å²) in [4.78, 5) is 22.6. The summed E-state index contributed by atoms with van der Waals surface area (Å²) in [6, 6.07) is 3.97. The second kappa shape index (κ2) is 5.10. The molecule has 0 unspecified atom stereocenters. The highest BCUT2D eigenvalue weighted by Gasteiger charge is 2.34. The molecule has 1 aliphatic heterocycles. The molecule has 0 aromatic carbocycles. The van der Waals surface area contributed by atoms with Crippen molar-refractivity contribution in [2.45, 2.75) is 13.0 Å². The maximum absolute atomic E-state index is 12.5.